The minimum atomic E-state index is -0.163. The summed E-state index contributed by atoms with van der Waals surface area (Å²) in [5, 5.41) is 3.41. The van der Waals surface area contributed by atoms with Crippen LogP contribution in [0.5, 0.6) is 0 Å². The van der Waals surface area contributed by atoms with E-state index in [1.807, 2.05) is 13.0 Å². The van der Waals surface area contributed by atoms with Crippen LogP contribution in [-0.2, 0) is 0 Å². The number of hydrogen-bond donors (Lipinski definition) is 1. The average molecular weight is 221 g/mol. The van der Waals surface area contributed by atoms with Gasteiger partial charge in [0, 0.05) is 11.7 Å². The van der Waals surface area contributed by atoms with Crippen molar-refractivity contribution < 1.29 is 4.39 Å². The van der Waals surface area contributed by atoms with E-state index >= 15 is 0 Å². The van der Waals surface area contributed by atoms with Gasteiger partial charge >= 0.3 is 0 Å². The summed E-state index contributed by atoms with van der Waals surface area (Å²) in [5.74, 6) is 0.723. The second kappa shape index (κ2) is 4.86. The maximum absolute atomic E-state index is 13.1. The zero-order valence-corrected chi connectivity index (χ0v) is 10.1. The number of anilines is 1. The Balaban J connectivity index is 1.93. The Morgan fingerprint density at radius 2 is 2.19 bits per heavy atom. The molecule has 88 valence electrons. The van der Waals surface area contributed by atoms with Crippen molar-refractivity contribution in [1.29, 1.82) is 0 Å². The standard InChI is InChI=1S/C14H20FN/c1-10-6-7-13(15)9-14(10)16-11(2)8-12-4-3-5-12/h6-7,9,11-12,16H,3-5,8H2,1-2H3. The van der Waals surface area contributed by atoms with Gasteiger partial charge in [0.05, 0.1) is 0 Å². The quantitative estimate of drug-likeness (QED) is 0.806. The normalized spacial score (nSPS) is 17.9. The number of rotatable bonds is 4. The van der Waals surface area contributed by atoms with Gasteiger partial charge in [-0.15, -0.1) is 0 Å². The lowest BCUT2D eigenvalue weighted by molar-refractivity contribution is 0.286. The fraction of sp³-hybridized carbons (Fsp3) is 0.571. The molecule has 1 aliphatic carbocycles. The summed E-state index contributed by atoms with van der Waals surface area (Å²) in [5.41, 5.74) is 2.05. The highest BCUT2D eigenvalue weighted by Gasteiger charge is 2.20. The average Bonchev–Trinajstić information content (AvgIpc) is 2.18. The second-order valence-electron chi connectivity index (χ2n) is 5.04. The molecule has 0 aliphatic heterocycles. The smallest absolute Gasteiger partial charge is 0.125 e. The molecule has 1 atom stereocenters. The van der Waals surface area contributed by atoms with Gasteiger partial charge in [0.25, 0.3) is 0 Å². The SMILES string of the molecule is Cc1ccc(F)cc1NC(C)CC1CCC1. The van der Waals surface area contributed by atoms with Crippen LogP contribution in [0.2, 0.25) is 0 Å². The van der Waals surface area contributed by atoms with Gasteiger partial charge in [0.2, 0.25) is 0 Å². The summed E-state index contributed by atoms with van der Waals surface area (Å²) in [7, 11) is 0. The summed E-state index contributed by atoms with van der Waals surface area (Å²) < 4.78 is 13.1. The van der Waals surface area contributed by atoms with E-state index in [0.29, 0.717) is 6.04 Å². The molecular weight excluding hydrogens is 201 g/mol. The molecule has 1 N–H and O–H groups in total. The van der Waals surface area contributed by atoms with E-state index < -0.39 is 0 Å². The Morgan fingerprint density at radius 1 is 1.44 bits per heavy atom. The first-order chi connectivity index (χ1) is 7.65. The monoisotopic (exact) mass is 221 g/mol. The van der Waals surface area contributed by atoms with E-state index in [0.717, 1.165) is 17.2 Å². The number of nitrogens with one attached hydrogen (secondary N) is 1. The highest BCUT2D eigenvalue weighted by atomic mass is 19.1. The lowest BCUT2D eigenvalue weighted by Gasteiger charge is -2.29. The number of benzene rings is 1. The van der Waals surface area contributed by atoms with Crippen molar-refractivity contribution in [1.82, 2.24) is 0 Å². The van der Waals surface area contributed by atoms with Crippen LogP contribution >= 0.6 is 0 Å². The van der Waals surface area contributed by atoms with Crippen LogP contribution in [0, 0.1) is 18.7 Å². The van der Waals surface area contributed by atoms with Gasteiger partial charge in [-0.05, 0) is 43.9 Å². The Kier molecular flexibility index (Phi) is 3.47. The highest BCUT2D eigenvalue weighted by Crippen LogP contribution is 2.31. The van der Waals surface area contributed by atoms with E-state index in [1.54, 1.807) is 6.07 Å². The molecule has 0 spiro atoms. The summed E-state index contributed by atoms with van der Waals surface area (Å²) in [6, 6.07) is 5.36. The van der Waals surface area contributed by atoms with Crippen LogP contribution < -0.4 is 5.32 Å². The molecule has 1 aromatic rings. The molecule has 0 heterocycles. The number of halogens is 1. The van der Waals surface area contributed by atoms with Crippen LogP contribution in [0.4, 0.5) is 10.1 Å². The van der Waals surface area contributed by atoms with Gasteiger partial charge in [-0.1, -0.05) is 25.3 Å². The molecule has 0 amide bonds. The van der Waals surface area contributed by atoms with E-state index in [9.17, 15) is 4.39 Å². The third kappa shape index (κ3) is 2.75. The van der Waals surface area contributed by atoms with Crippen LogP contribution in [0.25, 0.3) is 0 Å². The fourth-order valence-electron chi connectivity index (χ4n) is 2.30. The lowest BCUT2D eigenvalue weighted by Crippen LogP contribution is -2.23. The van der Waals surface area contributed by atoms with Crippen molar-refractivity contribution in [3.05, 3.63) is 29.6 Å². The van der Waals surface area contributed by atoms with Crippen LogP contribution in [0.15, 0.2) is 18.2 Å². The van der Waals surface area contributed by atoms with E-state index in [4.69, 9.17) is 0 Å². The Labute approximate surface area is 97.1 Å². The predicted molar refractivity (Wildman–Crippen MR) is 66.2 cm³/mol. The first kappa shape index (κ1) is 11.4. The van der Waals surface area contributed by atoms with Crippen molar-refractivity contribution in [2.45, 2.75) is 45.6 Å². The molecule has 2 heteroatoms. The number of aryl methyl sites for hydroxylation is 1. The van der Waals surface area contributed by atoms with E-state index in [1.165, 1.54) is 31.7 Å². The molecule has 0 saturated heterocycles. The molecule has 1 aromatic carbocycles. The van der Waals surface area contributed by atoms with Gasteiger partial charge in [-0.2, -0.15) is 0 Å². The van der Waals surface area contributed by atoms with Crippen molar-refractivity contribution in [2.75, 3.05) is 5.32 Å². The van der Waals surface area contributed by atoms with Gasteiger partial charge in [0.15, 0.2) is 0 Å². The first-order valence-electron chi connectivity index (χ1n) is 6.18. The second-order valence-corrected chi connectivity index (χ2v) is 5.04. The maximum atomic E-state index is 13.1. The van der Waals surface area contributed by atoms with Crippen molar-refractivity contribution in [3.63, 3.8) is 0 Å². The molecule has 1 aliphatic rings. The van der Waals surface area contributed by atoms with E-state index in [2.05, 4.69) is 12.2 Å². The zero-order chi connectivity index (χ0) is 11.5. The maximum Gasteiger partial charge on any atom is 0.125 e. The zero-order valence-electron chi connectivity index (χ0n) is 10.1. The first-order valence-corrected chi connectivity index (χ1v) is 6.18. The predicted octanol–water partition coefficient (Wildman–Crippen LogP) is 4.12. The van der Waals surface area contributed by atoms with Crippen LogP contribution in [0.1, 0.15) is 38.2 Å². The molecule has 0 aromatic heterocycles. The largest absolute Gasteiger partial charge is 0.382 e. The van der Waals surface area contributed by atoms with Gasteiger partial charge in [-0.25, -0.2) is 4.39 Å². The summed E-state index contributed by atoms with van der Waals surface area (Å²) in [6.45, 7) is 4.19. The molecular formula is C14H20FN. The minimum Gasteiger partial charge on any atom is -0.382 e. The van der Waals surface area contributed by atoms with Crippen LogP contribution in [0.3, 0.4) is 0 Å². The number of hydrogen-bond acceptors (Lipinski definition) is 1. The van der Waals surface area contributed by atoms with E-state index in [-0.39, 0.29) is 5.82 Å². The van der Waals surface area contributed by atoms with Crippen molar-refractivity contribution >= 4 is 5.69 Å². The molecule has 1 nitrogen and oxygen atoms in total. The highest BCUT2D eigenvalue weighted by molar-refractivity contribution is 5.51. The minimum absolute atomic E-state index is 0.163. The molecule has 0 bridgehead atoms. The topological polar surface area (TPSA) is 12.0 Å². The summed E-state index contributed by atoms with van der Waals surface area (Å²) >= 11 is 0. The fourth-order valence-corrected chi connectivity index (χ4v) is 2.30. The Morgan fingerprint density at radius 3 is 2.81 bits per heavy atom. The molecule has 1 unspecified atom stereocenters. The molecule has 2 rings (SSSR count). The Bertz CT molecular complexity index is 358. The van der Waals surface area contributed by atoms with Gasteiger partial charge in [0.1, 0.15) is 5.82 Å². The van der Waals surface area contributed by atoms with Crippen molar-refractivity contribution in [2.24, 2.45) is 5.92 Å². The molecule has 16 heavy (non-hydrogen) atoms. The van der Waals surface area contributed by atoms with Crippen LogP contribution in [-0.4, -0.2) is 6.04 Å². The summed E-state index contributed by atoms with van der Waals surface area (Å²) in [4.78, 5) is 0. The molecule has 0 radical (unpaired) electrons. The third-order valence-corrected chi connectivity index (χ3v) is 3.51. The molecule has 1 fully saturated rings. The lowest BCUT2D eigenvalue weighted by atomic mass is 9.81. The summed E-state index contributed by atoms with van der Waals surface area (Å²) in [6.07, 6.45) is 5.33. The van der Waals surface area contributed by atoms with Crippen molar-refractivity contribution in [3.8, 4) is 0 Å². The van der Waals surface area contributed by atoms with Gasteiger partial charge in [-0.3, -0.25) is 0 Å². The molecule has 1 saturated carbocycles. The van der Waals surface area contributed by atoms with Gasteiger partial charge < -0.3 is 5.32 Å². The Hall–Kier alpha value is -1.05. The third-order valence-electron chi connectivity index (χ3n) is 3.51.